The third kappa shape index (κ3) is 7.07. The Morgan fingerprint density at radius 1 is 1.15 bits per heavy atom. The molecule has 0 aromatic rings. The summed E-state index contributed by atoms with van der Waals surface area (Å²) in [5, 5.41) is 4.94. The summed E-state index contributed by atoms with van der Waals surface area (Å²) in [7, 11) is 2.71. The smallest absolute Gasteiger partial charge is 0.406 e. The van der Waals surface area contributed by atoms with E-state index in [1.807, 2.05) is 0 Å². The van der Waals surface area contributed by atoms with Crippen molar-refractivity contribution in [2.45, 2.75) is 0 Å². The fraction of sp³-hybridized carbons (Fsp3) is 0.714. The van der Waals surface area contributed by atoms with Crippen molar-refractivity contribution in [1.29, 1.82) is 0 Å². The number of rotatable bonds is 5. The molecule has 6 nitrogen and oxygen atoms in total. The maximum Gasteiger partial charge on any atom is 0.406 e. The first-order valence-electron chi connectivity index (χ1n) is 3.78. The monoisotopic (exact) mass is 190 g/mol. The summed E-state index contributed by atoms with van der Waals surface area (Å²) >= 11 is 0. The minimum Gasteiger partial charge on any atom is -0.453 e. The molecular weight excluding hydrogens is 176 g/mol. The van der Waals surface area contributed by atoms with E-state index < -0.39 is 6.09 Å². The molecule has 0 aliphatic carbocycles. The lowest BCUT2D eigenvalue weighted by Gasteiger charge is -2.05. The molecule has 0 aliphatic rings. The lowest BCUT2D eigenvalue weighted by molar-refractivity contribution is -0.124. The van der Waals surface area contributed by atoms with Gasteiger partial charge in [0, 0.05) is 20.2 Å². The predicted molar refractivity (Wildman–Crippen MR) is 45.3 cm³/mol. The van der Waals surface area contributed by atoms with E-state index in [4.69, 9.17) is 0 Å². The Balaban J connectivity index is 3.25. The van der Waals surface area contributed by atoms with Crippen LogP contribution in [0.4, 0.5) is 4.79 Å². The third-order valence-electron chi connectivity index (χ3n) is 1.18. The van der Waals surface area contributed by atoms with Crippen molar-refractivity contribution >= 4 is 12.0 Å². The van der Waals surface area contributed by atoms with E-state index in [0.717, 1.165) is 0 Å². The molecule has 0 radical (unpaired) electrons. The molecule has 0 atom stereocenters. The number of ether oxygens (including phenoxy) is 2. The van der Waals surface area contributed by atoms with Crippen molar-refractivity contribution in [3.8, 4) is 0 Å². The largest absolute Gasteiger partial charge is 0.453 e. The molecule has 2 N–H and O–H groups in total. The van der Waals surface area contributed by atoms with Crippen molar-refractivity contribution in [3.05, 3.63) is 0 Å². The van der Waals surface area contributed by atoms with Crippen LogP contribution in [0.5, 0.6) is 0 Å². The van der Waals surface area contributed by atoms with Crippen molar-refractivity contribution in [2.24, 2.45) is 0 Å². The van der Waals surface area contributed by atoms with Gasteiger partial charge in [-0.2, -0.15) is 0 Å². The second-order valence-electron chi connectivity index (χ2n) is 2.20. The number of carbonyl (C=O) groups excluding carboxylic acids is 2. The highest BCUT2D eigenvalue weighted by Crippen LogP contribution is 1.71. The minimum atomic E-state index is -0.513. The van der Waals surface area contributed by atoms with E-state index in [1.54, 1.807) is 0 Å². The van der Waals surface area contributed by atoms with Gasteiger partial charge in [-0.3, -0.25) is 4.79 Å². The fourth-order valence-corrected chi connectivity index (χ4v) is 0.621. The molecule has 0 aromatic carbocycles. The van der Waals surface area contributed by atoms with Crippen molar-refractivity contribution in [3.63, 3.8) is 0 Å². The summed E-state index contributed by atoms with van der Waals surface area (Å²) in [6, 6.07) is 0. The Hall–Kier alpha value is -1.30. The van der Waals surface area contributed by atoms with E-state index in [-0.39, 0.29) is 12.5 Å². The van der Waals surface area contributed by atoms with Gasteiger partial charge in [-0.15, -0.1) is 0 Å². The number of hydrogen-bond acceptors (Lipinski definition) is 4. The molecule has 0 aromatic heterocycles. The molecule has 6 heteroatoms. The van der Waals surface area contributed by atoms with Crippen LogP contribution in [0.15, 0.2) is 0 Å². The van der Waals surface area contributed by atoms with E-state index in [9.17, 15) is 9.59 Å². The second kappa shape index (κ2) is 7.35. The summed E-state index contributed by atoms with van der Waals surface area (Å²) in [6.07, 6.45) is -0.513. The molecule has 13 heavy (non-hydrogen) atoms. The lowest BCUT2D eigenvalue weighted by atomic mass is 10.5. The van der Waals surface area contributed by atoms with Crippen LogP contribution < -0.4 is 10.6 Å². The standard InChI is InChI=1S/C7H14N2O4/c1-12-5-6(10)8-3-4-9-7(11)13-2/h3-5H2,1-2H3,(H,8,10)(H,9,11). The summed E-state index contributed by atoms with van der Waals surface area (Å²) in [6.45, 7) is 0.720. The van der Waals surface area contributed by atoms with Crippen LogP contribution >= 0.6 is 0 Å². The topological polar surface area (TPSA) is 76.7 Å². The highest BCUT2D eigenvalue weighted by Gasteiger charge is 1.99. The van der Waals surface area contributed by atoms with E-state index >= 15 is 0 Å². The zero-order valence-electron chi connectivity index (χ0n) is 7.75. The zero-order valence-corrected chi connectivity index (χ0v) is 7.75. The zero-order chi connectivity index (χ0) is 10.1. The van der Waals surface area contributed by atoms with Gasteiger partial charge >= 0.3 is 6.09 Å². The van der Waals surface area contributed by atoms with Crippen LogP contribution in [0.25, 0.3) is 0 Å². The first-order valence-corrected chi connectivity index (χ1v) is 3.78. The quantitative estimate of drug-likeness (QED) is 0.551. The normalized spacial score (nSPS) is 9.08. The van der Waals surface area contributed by atoms with Crippen molar-refractivity contribution < 1.29 is 19.1 Å². The molecule has 0 fully saturated rings. The van der Waals surface area contributed by atoms with Crippen molar-refractivity contribution in [2.75, 3.05) is 33.9 Å². The predicted octanol–water partition coefficient (Wildman–Crippen LogP) is -0.895. The van der Waals surface area contributed by atoms with E-state index in [2.05, 4.69) is 20.1 Å². The molecule has 0 saturated heterocycles. The Labute approximate surface area is 76.6 Å². The molecule has 0 bridgehead atoms. The number of alkyl carbamates (subject to hydrolysis) is 1. The summed E-state index contributed by atoms with van der Waals surface area (Å²) < 4.78 is 8.90. The van der Waals surface area contributed by atoms with Crippen LogP contribution in [-0.4, -0.2) is 45.9 Å². The summed E-state index contributed by atoms with van der Waals surface area (Å²) in [5.74, 6) is -0.214. The van der Waals surface area contributed by atoms with Gasteiger partial charge in [-0.05, 0) is 0 Å². The van der Waals surface area contributed by atoms with Crippen LogP contribution in [-0.2, 0) is 14.3 Å². The summed E-state index contributed by atoms with van der Waals surface area (Å²) in [5.41, 5.74) is 0. The molecule has 0 saturated carbocycles. The lowest BCUT2D eigenvalue weighted by Crippen LogP contribution is -2.36. The minimum absolute atomic E-state index is 0.0260. The van der Waals surface area contributed by atoms with Gasteiger partial charge in [0.05, 0.1) is 7.11 Å². The van der Waals surface area contributed by atoms with Crippen LogP contribution in [0.3, 0.4) is 0 Å². The molecular formula is C7H14N2O4. The Bertz CT molecular complexity index is 172. The average Bonchev–Trinajstić information content (AvgIpc) is 2.12. The molecule has 0 unspecified atom stereocenters. The van der Waals surface area contributed by atoms with Crippen molar-refractivity contribution in [1.82, 2.24) is 10.6 Å². The number of carbonyl (C=O) groups is 2. The van der Waals surface area contributed by atoms with Gasteiger partial charge in [0.1, 0.15) is 6.61 Å². The molecule has 0 aliphatic heterocycles. The first-order chi connectivity index (χ1) is 6.20. The highest BCUT2D eigenvalue weighted by molar-refractivity contribution is 5.77. The van der Waals surface area contributed by atoms with Gasteiger partial charge in [-0.25, -0.2) is 4.79 Å². The molecule has 2 amide bonds. The van der Waals surface area contributed by atoms with Crippen LogP contribution in [0.2, 0.25) is 0 Å². The molecule has 0 spiro atoms. The number of amides is 2. The number of nitrogens with one attached hydrogen (secondary N) is 2. The van der Waals surface area contributed by atoms with Crippen LogP contribution in [0, 0.1) is 0 Å². The second-order valence-corrected chi connectivity index (χ2v) is 2.20. The molecule has 76 valence electrons. The van der Waals surface area contributed by atoms with Gasteiger partial charge in [0.15, 0.2) is 0 Å². The maximum absolute atomic E-state index is 10.8. The van der Waals surface area contributed by atoms with Gasteiger partial charge < -0.3 is 20.1 Å². The molecule has 0 heterocycles. The fourth-order valence-electron chi connectivity index (χ4n) is 0.621. The number of methoxy groups -OCH3 is 2. The Morgan fingerprint density at radius 2 is 1.77 bits per heavy atom. The van der Waals surface area contributed by atoms with E-state index in [1.165, 1.54) is 14.2 Å². The van der Waals surface area contributed by atoms with E-state index in [0.29, 0.717) is 13.1 Å². The summed E-state index contributed by atoms with van der Waals surface area (Å²) in [4.78, 5) is 21.3. The SMILES string of the molecule is COCC(=O)NCCNC(=O)OC. The number of hydrogen-bond donors (Lipinski definition) is 2. The average molecular weight is 190 g/mol. The van der Waals surface area contributed by atoms with Gasteiger partial charge in [0.2, 0.25) is 5.91 Å². The van der Waals surface area contributed by atoms with Gasteiger partial charge in [0.25, 0.3) is 0 Å². The van der Waals surface area contributed by atoms with Crippen LogP contribution in [0.1, 0.15) is 0 Å². The first kappa shape index (κ1) is 11.7. The third-order valence-corrected chi connectivity index (χ3v) is 1.18. The Morgan fingerprint density at radius 3 is 2.31 bits per heavy atom. The highest BCUT2D eigenvalue weighted by atomic mass is 16.5. The molecule has 0 rings (SSSR count). The van der Waals surface area contributed by atoms with Gasteiger partial charge in [-0.1, -0.05) is 0 Å². The maximum atomic E-state index is 10.8. The Kier molecular flexibility index (Phi) is 6.62.